The lowest BCUT2D eigenvalue weighted by atomic mass is 10.1. The van der Waals surface area contributed by atoms with Crippen LogP contribution >= 0.6 is 0 Å². The van der Waals surface area contributed by atoms with Crippen molar-refractivity contribution in [2.24, 2.45) is 0 Å². The summed E-state index contributed by atoms with van der Waals surface area (Å²) < 4.78 is 0. The molecule has 1 heterocycles. The number of benzene rings is 2. The molecule has 2 aromatic rings. The van der Waals surface area contributed by atoms with Gasteiger partial charge < -0.3 is 10.6 Å². The third kappa shape index (κ3) is 2.19. The molecule has 0 spiro atoms. The van der Waals surface area contributed by atoms with E-state index in [0.717, 1.165) is 23.4 Å². The fourth-order valence-corrected chi connectivity index (χ4v) is 2.36. The molecule has 3 heteroatoms. The van der Waals surface area contributed by atoms with E-state index in [1.165, 1.54) is 5.56 Å². The van der Waals surface area contributed by atoms with Crippen molar-refractivity contribution in [1.29, 1.82) is 0 Å². The highest BCUT2D eigenvalue weighted by Crippen LogP contribution is 2.32. The fourth-order valence-electron chi connectivity index (χ4n) is 2.36. The largest absolute Gasteiger partial charge is 0.370 e. The zero-order valence-electron chi connectivity index (χ0n) is 10.8. The van der Waals surface area contributed by atoms with Gasteiger partial charge in [0.2, 0.25) is 0 Å². The Hall–Kier alpha value is -2.29. The average molecular weight is 252 g/mol. The summed E-state index contributed by atoms with van der Waals surface area (Å²) >= 11 is 0. The van der Waals surface area contributed by atoms with Gasteiger partial charge in [-0.1, -0.05) is 37.3 Å². The predicted molar refractivity (Wildman–Crippen MR) is 77.3 cm³/mol. The van der Waals surface area contributed by atoms with E-state index in [1.807, 2.05) is 36.4 Å². The van der Waals surface area contributed by atoms with Crippen molar-refractivity contribution in [2.45, 2.75) is 19.4 Å². The van der Waals surface area contributed by atoms with Crippen LogP contribution in [-0.2, 0) is 11.2 Å². The van der Waals surface area contributed by atoms with Crippen molar-refractivity contribution in [3.63, 3.8) is 0 Å². The number of fused-ring (bicyclic) bond motifs is 1. The maximum Gasteiger partial charge on any atom is 0.251 e. The lowest BCUT2D eigenvalue weighted by molar-refractivity contribution is -0.116. The molecule has 1 aliphatic rings. The van der Waals surface area contributed by atoms with E-state index in [2.05, 4.69) is 29.7 Å². The minimum atomic E-state index is -0.302. The van der Waals surface area contributed by atoms with Crippen LogP contribution in [0.2, 0.25) is 0 Å². The molecule has 0 bridgehead atoms. The first-order chi connectivity index (χ1) is 9.28. The van der Waals surface area contributed by atoms with Gasteiger partial charge in [-0.3, -0.25) is 4.79 Å². The van der Waals surface area contributed by atoms with Crippen LogP contribution in [0.15, 0.2) is 48.5 Å². The van der Waals surface area contributed by atoms with Crippen LogP contribution in [0, 0.1) is 0 Å². The van der Waals surface area contributed by atoms with Gasteiger partial charge in [-0.25, -0.2) is 0 Å². The van der Waals surface area contributed by atoms with Gasteiger partial charge in [-0.05, 0) is 30.2 Å². The van der Waals surface area contributed by atoms with E-state index in [4.69, 9.17) is 0 Å². The molecule has 1 aliphatic heterocycles. The number of carbonyl (C=O) groups is 1. The van der Waals surface area contributed by atoms with E-state index in [1.54, 1.807) is 0 Å². The van der Waals surface area contributed by atoms with Crippen molar-refractivity contribution >= 4 is 17.3 Å². The number of anilines is 2. The van der Waals surface area contributed by atoms with E-state index in [-0.39, 0.29) is 11.9 Å². The van der Waals surface area contributed by atoms with E-state index in [9.17, 15) is 4.79 Å². The van der Waals surface area contributed by atoms with Crippen LogP contribution < -0.4 is 10.6 Å². The van der Waals surface area contributed by atoms with Gasteiger partial charge in [0.25, 0.3) is 5.91 Å². The minimum Gasteiger partial charge on any atom is -0.370 e. The van der Waals surface area contributed by atoms with Crippen LogP contribution in [0.4, 0.5) is 11.4 Å². The van der Waals surface area contributed by atoms with Crippen LogP contribution in [0.25, 0.3) is 0 Å². The quantitative estimate of drug-likeness (QED) is 0.879. The molecule has 3 nitrogen and oxygen atoms in total. The van der Waals surface area contributed by atoms with Gasteiger partial charge in [0.05, 0.1) is 0 Å². The Morgan fingerprint density at radius 1 is 1.11 bits per heavy atom. The molecule has 1 amide bonds. The molecule has 19 heavy (non-hydrogen) atoms. The van der Waals surface area contributed by atoms with Crippen molar-refractivity contribution in [1.82, 2.24) is 0 Å². The van der Waals surface area contributed by atoms with E-state index in [0.29, 0.717) is 0 Å². The van der Waals surface area contributed by atoms with Gasteiger partial charge in [0.1, 0.15) is 6.04 Å². The van der Waals surface area contributed by atoms with Crippen molar-refractivity contribution in [3.05, 3.63) is 59.7 Å². The number of nitrogens with one attached hydrogen (secondary N) is 2. The summed E-state index contributed by atoms with van der Waals surface area (Å²) in [5, 5.41) is 6.17. The van der Waals surface area contributed by atoms with Crippen LogP contribution in [-0.4, -0.2) is 5.91 Å². The second kappa shape index (κ2) is 4.76. The number of hydrogen-bond acceptors (Lipinski definition) is 2. The van der Waals surface area contributed by atoms with Gasteiger partial charge in [-0.15, -0.1) is 0 Å². The van der Waals surface area contributed by atoms with Gasteiger partial charge in [0, 0.05) is 16.9 Å². The number of para-hydroxylation sites is 1. The predicted octanol–water partition coefficient (Wildman–Crippen LogP) is 3.35. The monoisotopic (exact) mass is 252 g/mol. The lowest BCUT2D eigenvalue weighted by Gasteiger charge is -2.13. The number of amides is 1. The average Bonchev–Trinajstić information content (AvgIpc) is 2.76. The highest BCUT2D eigenvalue weighted by molar-refractivity contribution is 6.04. The Labute approximate surface area is 112 Å². The van der Waals surface area contributed by atoms with Crippen LogP contribution in [0.1, 0.15) is 24.1 Å². The Morgan fingerprint density at radius 2 is 1.84 bits per heavy atom. The van der Waals surface area contributed by atoms with Gasteiger partial charge >= 0.3 is 0 Å². The summed E-state index contributed by atoms with van der Waals surface area (Å²) in [5.74, 6) is 0.000711. The Bertz CT molecular complexity index is 604. The lowest BCUT2D eigenvalue weighted by Crippen LogP contribution is -2.19. The molecule has 1 atom stereocenters. The summed E-state index contributed by atoms with van der Waals surface area (Å²) in [5.41, 5.74) is 4.16. The van der Waals surface area contributed by atoms with Crippen LogP contribution in [0.3, 0.4) is 0 Å². The topological polar surface area (TPSA) is 41.1 Å². The molecular formula is C16H16N2O. The second-order valence-electron chi connectivity index (χ2n) is 4.70. The molecular weight excluding hydrogens is 236 g/mol. The minimum absolute atomic E-state index is 0.000711. The van der Waals surface area contributed by atoms with Gasteiger partial charge in [0.15, 0.2) is 0 Å². The molecule has 0 saturated heterocycles. The molecule has 0 radical (unpaired) electrons. The highest BCUT2D eigenvalue weighted by Gasteiger charge is 2.29. The Balaban J connectivity index is 1.84. The maximum atomic E-state index is 12.0. The van der Waals surface area contributed by atoms with Crippen LogP contribution in [0.5, 0.6) is 0 Å². The molecule has 0 aliphatic carbocycles. The number of hydrogen-bond donors (Lipinski definition) is 2. The molecule has 0 saturated carbocycles. The second-order valence-corrected chi connectivity index (χ2v) is 4.70. The first kappa shape index (κ1) is 11.8. The maximum absolute atomic E-state index is 12.0. The highest BCUT2D eigenvalue weighted by atomic mass is 16.2. The SMILES string of the molecule is CCc1ccc(NC2C(=O)Nc3ccccc32)cc1. The Morgan fingerprint density at radius 3 is 2.58 bits per heavy atom. The van der Waals surface area contributed by atoms with Crippen molar-refractivity contribution in [3.8, 4) is 0 Å². The first-order valence-corrected chi connectivity index (χ1v) is 6.53. The molecule has 0 aromatic heterocycles. The Kier molecular flexibility index (Phi) is 2.95. The summed E-state index contributed by atoms with van der Waals surface area (Å²) in [6.07, 6.45) is 1.02. The zero-order valence-corrected chi connectivity index (χ0v) is 10.8. The number of aryl methyl sites for hydroxylation is 1. The van der Waals surface area contributed by atoms with Crippen molar-refractivity contribution in [2.75, 3.05) is 10.6 Å². The molecule has 2 aromatic carbocycles. The summed E-state index contributed by atoms with van der Waals surface area (Å²) in [6, 6.07) is 15.7. The number of carbonyl (C=O) groups excluding carboxylic acids is 1. The zero-order chi connectivity index (χ0) is 13.2. The number of rotatable bonds is 3. The molecule has 1 unspecified atom stereocenters. The summed E-state index contributed by atoms with van der Waals surface area (Å²) in [4.78, 5) is 12.0. The third-order valence-corrected chi connectivity index (χ3v) is 3.47. The summed E-state index contributed by atoms with van der Waals surface area (Å²) in [7, 11) is 0. The first-order valence-electron chi connectivity index (χ1n) is 6.53. The normalized spacial score (nSPS) is 16.9. The molecule has 3 rings (SSSR count). The molecule has 96 valence electrons. The summed E-state index contributed by atoms with van der Waals surface area (Å²) in [6.45, 7) is 2.13. The fraction of sp³-hybridized carbons (Fsp3) is 0.188. The van der Waals surface area contributed by atoms with E-state index < -0.39 is 0 Å². The van der Waals surface area contributed by atoms with Gasteiger partial charge in [-0.2, -0.15) is 0 Å². The molecule has 2 N–H and O–H groups in total. The third-order valence-electron chi connectivity index (χ3n) is 3.47. The standard InChI is InChI=1S/C16H16N2O/c1-2-11-7-9-12(10-8-11)17-15-13-5-3-4-6-14(13)18-16(15)19/h3-10,15,17H,2H2,1H3,(H,18,19). The molecule has 0 fully saturated rings. The van der Waals surface area contributed by atoms with Crippen molar-refractivity contribution < 1.29 is 4.79 Å². The smallest absolute Gasteiger partial charge is 0.251 e. The van der Waals surface area contributed by atoms with E-state index >= 15 is 0 Å².